The van der Waals surface area contributed by atoms with Crippen molar-refractivity contribution < 1.29 is 9.53 Å². The Morgan fingerprint density at radius 2 is 1.85 bits per heavy atom. The molecule has 5 heteroatoms. The predicted octanol–water partition coefficient (Wildman–Crippen LogP) is 8.69. The summed E-state index contributed by atoms with van der Waals surface area (Å²) in [6.45, 7) is 5.53. The lowest BCUT2D eigenvalue weighted by molar-refractivity contribution is -0.138. The lowest BCUT2D eigenvalue weighted by atomic mass is 9.61. The third-order valence-electron chi connectivity index (χ3n) is 11.4. The van der Waals surface area contributed by atoms with Crippen LogP contribution < -0.4 is 0 Å². The summed E-state index contributed by atoms with van der Waals surface area (Å²) in [7, 11) is 1.85. The number of nitrogens with zero attached hydrogens (tertiary/aromatic N) is 2. The molecule has 2 atom stereocenters. The van der Waals surface area contributed by atoms with E-state index in [2.05, 4.69) is 36.9 Å². The minimum Gasteiger partial charge on any atom is -0.381 e. The first-order valence-electron chi connectivity index (χ1n) is 17.2. The fourth-order valence-corrected chi connectivity index (χ4v) is 9.67. The Balaban J connectivity index is 1.37. The molecule has 0 radical (unpaired) electrons. The minimum absolute atomic E-state index is 0.127. The van der Waals surface area contributed by atoms with Crippen molar-refractivity contribution in [1.29, 1.82) is 0 Å². The number of amidine groups is 1. The first-order valence-corrected chi connectivity index (χ1v) is 18.2. The zero-order valence-electron chi connectivity index (χ0n) is 26.1. The highest BCUT2D eigenvalue weighted by Crippen LogP contribution is 2.62. The van der Waals surface area contributed by atoms with Crippen LogP contribution in [0.25, 0.3) is 0 Å². The van der Waals surface area contributed by atoms with E-state index in [1.54, 1.807) is 0 Å². The highest BCUT2D eigenvalue weighted by Gasteiger charge is 2.66. The average Bonchev–Trinajstić information content (AvgIpc) is 3.75. The number of hydrogen-bond acceptors (Lipinski definition) is 4. The van der Waals surface area contributed by atoms with Gasteiger partial charge < -0.3 is 4.74 Å². The summed E-state index contributed by atoms with van der Waals surface area (Å²) in [6.07, 6.45) is 20.9. The average molecular weight is 579 g/mol. The van der Waals surface area contributed by atoms with Crippen LogP contribution >= 0.6 is 11.8 Å². The van der Waals surface area contributed by atoms with Gasteiger partial charge in [-0.15, -0.1) is 0 Å². The molecule has 1 aromatic carbocycles. The van der Waals surface area contributed by atoms with Gasteiger partial charge in [0.2, 0.25) is 0 Å². The zero-order valence-corrected chi connectivity index (χ0v) is 26.9. The molecule has 1 aromatic rings. The van der Waals surface area contributed by atoms with E-state index in [1.807, 2.05) is 18.9 Å². The number of benzene rings is 1. The Morgan fingerprint density at radius 1 is 1.07 bits per heavy atom. The number of carbonyl (C=O) groups is 1. The largest absolute Gasteiger partial charge is 0.381 e. The van der Waals surface area contributed by atoms with Crippen molar-refractivity contribution in [2.24, 2.45) is 28.2 Å². The van der Waals surface area contributed by atoms with E-state index < -0.39 is 5.54 Å². The van der Waals surface area contributed by atoms with E-state index in [0.29, 0.717) is 23.8 Å². The smallest absolute Gasteiger partial charge is 0.261 e. The molecule has 0 aromatic heterocycles. The van der Waals surface area contributed by atoms with Crippen molar-refractivity contribution in [2.75, 3.05) is 19.4 Å². The number of methoxy groups -OCH3 is 1. The molecule has 4 nitrogen and oxygen atoms in total. The maximum absolute atomic E-state index is 15.2. The molecule has 1 amide bonds. The molecule has 0 bridgehead atoms. The van der Waals surface area contributed by atoms with Crippen LogP contribution in [0.4, 0.5) is 0 Å². The van der Waals surface area contributed by atoms with Gasteiger partial charge in [0.25, 0.3) is 5.91 Å². The Bertz CT molecular complexity index is 1100. The fraction of sp³-hybridized carbons (Fsp3) is 0.778. The van der Waals surface area contributed by atoms with Gasteiger partial charge in [0.1, 0.15) is 0 Å². The number of aryl methyl sites for hydroxylation is 1. The van der Waals surface area contributed by atoms with Gasteiger partial charge in [-0.05, 0) is 98.7 Å². The lowest BCUT2D eigenvalue weighted by Gasteiger charge is -2.45. The van der Waals surface area contributed by atoms with Crippen molar-refractivity contribution in [3.05, 3.63) is 34.9 Å². The molecule has 2 spiro atoms. The maximum Gasteiger partial charge on any atom is 0.261 e. The summed E-state index contributed by atoms with van der Waals surface area (Å²) in [5.41, 5.74) is 3.18. The molecule has 2 unspecified atom stereocenters. The molecule has 5 aliphatic rings. The van der Waals surface area contributed by atoms with Gasteiger partial charge in [-0.3, -0.25) is 9.69 Å². The second-order valence-electron chi connectivity index (χ2n) is 14.4. The maximum atomic E-state index is 15.2. The number of carbonyl (C=O) groups excluding carboxylic acids is 1. The van der Waals surface area contributed by atoms with E-state index in [0.717, 1.165) is 61.9 Å². The topological polar surface area (TPSA) is 41.9 Å². The van der Waals surface area contributed by atoms with E-state index in [1.165, 1.54) is 87.3 Å². The second-order valence-corrected chi connectivity index (χ2v) is 15.4. The van der Waals surface area contributed by atoms with Crippen molar-refractivity contribution in [1.82, 2.24) is 4.90 Å². The molecule has 226 valence electrons. The molecule has 3 saturated carbocycles. The molecule has 1 heterocycles. The number of unbranched alkanes of at least 4 members (excludes halogenated alkanes) is 1. The van der Waals surface area contributed by atoms with Crippen LogP contribution in [0.5, 0.6) is 0 Å². The van der Waals surface area contributed by atoms with Gasteiger partial charge >= 0.3 is 0 Å². The predicted molar refractivity (Wildman–Crippen MR) is 171 cm³/mol. The van der Waals surface area contributed by atoms with Gasteiger partial charge in [0, 0.05) is 24.8 Å². The Hall–Kier alpha value is -1.33. The number of fused-ring (bicyclic) bond motifs is 3. The van der Waals surface area contributed by atoms with Crippen LogP contribution in [0.2, 0.25) is 0 Å². The van der Waals surface area contributed by atoms with Crippen LogP contribution in [0, 0.1) is 23.2 Å². The molecule has 6 rings (SSSR count). The van der Waals surface area contributed by atoms with Gasteiger partial charge in [0.05, 0.1) is 6.10 Å². The van der Waals surface area contributed by atoms with Crippen molar-refractivity contribution in [2.45, 2.75) is 135 Å². The third kappa shape index (κ3) is 5.93. The normalized spacial score (nSPS) is 30.8. The third-order valence-corrected chi connectivity index (χ3v) is 12.7. The van der Waals surface area contributed by atoms with Crippen molar-refractivity contribution in [3.8, 4) is 0 Å². The molecule has 4 aliphatic carbocycles. The second kappa shape index (κ2) is 12.7. The van der Waals surface area contributed by atoms with E-state index in [-0.39, 0.29) is 5.41 Å². The fourth-order valence-electron chi connectivity index (χ4n) is 8.55. The van der Waals surface area contributed by atoms with E-state index in [9.17, 15) is 0 Å². The standard InChI is InChI=1S/C36H54N2O2S/c1-4-5-9-26(2)25-41-34-37-36(33(39)38(34)24-29-10-7-6-8-11-29)32-22-28(15-14-27-12-13-27)16-17-30(32)23-35(36)20-18-31(40-3)19-21-35/h16-17,22,26-27,29,31H,4-15,18-21,23-25H2,1-3H3. The molecule has 0 saturated heterocycles. The molecular formula is C36H54N2O2S. The molecule has 1 aliphatic heterocycles. The van der Waals surface area contributed by atoms with Crippen LogP contribution in [-0.2, 0) is 27.9 Å². The van der Waals surface area contributed by atoms with Crippen LogP contribution in [0.1, 0.15) is 127 Å². The van der Waals surface area contributed by atoms with E-state index in [4.69, 9.17) is 9.73 Å². The monoisotopic (exact) mass is 578 g/mol. The summed E-state index contributed by atoms with van der Waals surface area (Å²) in [5, 5.41) is 1.04. The summed E-state index contributed by atoms with van der Waals surface area (Å²) in [4.78, 5) is 23.1. The number of aliphatic imine (C=N–C) groups is 1. The SMILES string of the molecule is CCCCC(C)CSC1=NC2(C(=O)N1CC1CCCCC1)c1cc(CCC3CC3)ccc1CC21CCC(OC)CC1. The Kier molecular flexibility index (Phi) is 9.23. The molecule has 3 fully saturated rings. The number of amides is 1. The number of rotatable bonds is 11. The number of hydrogen-bond donors (Lipinski definition) is 0. The first-order chi connectivity index (χ1) is 20.0. The highest BCUT2D eigenvalue weighted by atomic mass is 32.2. The minimum atomic E-state index is -0.750. The molecule has 41 heavy (non-hydrogen) atoms. The number of thioether (sulfide) groups is 1. The summed E-state index contributed by atoms with van der Waals surface area (Å²) in [5.74, 6) is 3.53. The van der Waals surface area contributed by atoms with Gasteiger partial charge in [-0.2, -0.15) is 0 Å². The lowest BCUT2D eigenvalue weighted by Crippen LogP contribution is -2.52. The molecular weight excluding hydrogens is 524 g/mol. The van der Waals surface area contributed by atoms with Crippen LogP contribution in [-0.4, -0.2) is 41.5 Å². The van der Waals surface area contributed by atoms with E-state index >= 15 is 4.79 Å². The first kappa shape index (κ1) is 29.7. The van der Waals surface area contributed by atoms with Crippen LogP contribution in [0.3, 0.4) is 0 Å². The number of ether oxygens (including phenoxy) is 1. The zero-order chi connectivity index (χ0) is 28.5. The summed E-state index contributed by atoms with van der Waals surface area (Å²) < 4.78 is 5.83. The van der Waals surface area contributed by atoms with Gasteiger partial charge in [0.15, 0.2) is 10.7 Å². The Morgan fingerprint density at radius 3 is 2.56 bits per heavy atom. The van der Waals surface area contributed by atoms with Gasteiger partial charge in [-0.1, -0.05) is 88.8 Å². The van der Waals surface area contributed by atoms with Crippen molar-refractivity contribution >= 4 is 22.8 Å². The van der Waals surface area contributed by atoms with Crippen LogP contribution in [0.15, 0.2) is 23.2 Å². The Labute approximate surface area is 253 Å². The van der Waals surface area contributed by atoms with Gasteiger partial charge in [-0.25, -0.2) is 4.99 Å². The van der Waals surface area contributed by atoms with Crippen molar-refractivity contribution in [3.63, 3.8) is 0 Å². The quantitative estimate of drug-likeness (QED) is 0.264. The summed E-state index contributed by atoms with van der Waals surface area (Å²) in [6, 6.07) is 7.18. The summed E-state index contributed by atoms with van der Waals surface area (Å²) >= 11 is 1.89. The highest BCUT2D eigenvalue weighted by molar-refractivity contribution is 8.13. The molecule has 0 N–H and O–H groups in total.